The highest BCUT2D eigenvalue weighted by Gasteiger charge is 1.95. The fourth-order valence-corrected chi connectivity index (χ4v) is 1.73. The third-order valence-corrected chi connectivity index (χ3v) is 2.72. The molecule has 0 aliphatic carbocycles. The van der Waals surface area contributed by atoms with Crippen molar-refractivity contribution in [3.8, 4) is 0 Å². The van der Waals surface area contributed by atoms with Crippen molar-refractivity contribution < 1.29 is 9.15 Å². The van der Waals surface area contributed by atoms with Crippen LogP contribution in [0.4, 0.5) is 0 Å². The Balaban J connectivity index is 1.78. The Hall–Kier alpha value is -0.760. The van der Waals surface area contributed by atoms with E-state index in [1.54, 1.807) is 6.26 Å². The zero-order chi connectivity index (χ0) is 11.5. The first kappa shape index (κ1) is 13.3. The largest absolute Gasteiger partial charge is 0.467 e. The minimum Gasteiger partial charge on any atom is -0.467 e. The van der Waals surface area contributed by atoms with Crippen molar-refractivity contribution in [2.24, 2.45) is 0 Å². The standard InChI is InChI=1S/C14H24O2/c1-2-3-4-5-6-7-8-11-15-13-14-10-9-12-16-14/h9-10,12H,2-8,11,13H2,1H3. The molecule has 0 aliphatic heterocycles. The Labute approximate surface area is 99.0 Å². The predicted molar refractivity (Wildman–Crippen MR) is 66.4 cm³/mol. The van der Waals surface area contributed by atoms with Crippen LogP contribution in [0.1, 0.15) is 57.6 Å². The van der Waals surface area contributed by atoms with Gasteiger partial charge < -0.3 is 9.15 Å². The summed E-state index contributed by atoms with van der Waals surface area (Å²) in [4.78, 5) is 0. The first-order valence-corrected chi connectivity index (χ1v) is 6.53. The molecule has 0 bridgehead atoms. The minimum atomic E-state index is 0.614. The number of hydrogen-bond donors (Lipinski definition) is 0. The van der Waals surface area contributed by atoms with E-state index in [0.29, 0.717) is 6.61 Å². The van der Waals surface area contributed by atoms with E-state index in [2.05, 4.69) is 6.92 Å². The average Bonchev–Trinajstić information content (AvgIpc) is 2.80. The molecule has 16 heavy (non-hydrogen) atoms. The number of unbranched alkanes of at least 4 members (excludes halogenated alkanes) is 6. The van der Waals surface area contributed by atoms with E-state index in [1.807, 2.05) is 12.1 Å². The summed E-state index contributed by atoms with van der Waals surface area (Å²) in [5.41, 5.74) is 0. The first-order valence-electron chi connectivity index (χ1n) is 6.53. The fourth-order valence-electron chi connectivity index (χ4n) is 1.73. The molecule has 0 spiro atoms. The molecule has 1 rings (SSSR count). The van der Waals surface area contributed by atoms with Crippen molar-refractivity contribution in [1.82, 2.24) is 0 Å². The summed E-state index contributed by atoms with van der Waals surface area (Å²) in [6.45, 7) is 3.72. The van der Waals surface area contributed by atoms with E-state index < -0.39 is 0 Å². The molecule has 2 nitrogen and oxygen atoms in total. The molecule has 0 amide bonds. The molecule has 0 saturated heterocycles. The van der Waals surface area contributed by atoms with Crippen LogP contribution >= 0.6 is 0 Å². The van der Waals surface area contributed by atoms with E-state index in [-0.39, 0.29) is 0 Å². The Bertz CT molecular complexity index is 229. The van der Waals surface area contributed by atoms with Crippen molar-refractivity contribution in [1.29, 1.82) is 0 Å². The molecular formula is C14H24O2. The molecule has 0 unspecified atom stereocenters. The molecule has 2 heteroatoms. The summed E-state index contributed by atoms with van der Waals surface area (Å²) >= 11 is 0. The summed E-state index contributed by atoms with van der Waals surface area (Å²) in [5, 5.41) is 0. The minimum absolute atomic E-state index is 0.614. The highest BCUT2D eigenvalue weighted by Crippen LogP contribution is 2.07. The van der Waals surface area contributed by atoms with Gasteiger partial charge in [-0.05, 0) is 18.6 Å². The summed E-state index contributed by atoms with van der Waals surface area (Å²) in [6, 6.07) is 3.84. The number of ether oxygens (including phenoxy) is 1. The van der Waals surface area contributed by atoms with Crippen LogP contribution in [-0.2, 0) is 11.3 Å². The summed E-state index contributed by atoms with van der Waals surface area (Å²) in [6.07, 6.45) is 11.0. The van der Waals surface area contributed by atoms with E-state index in [9.17, 15) is 0 Å². The second kappa shape index (κ2) is 9.46. The Morgan fingerprint density at radius 1 is 1.06 bits per heavy atom. The van der Waals surface area contributed by atoms with Crippen molar-refractivity contribution in [3.05, 3.63) is 24.2 Å². The molecule has 0 atom stereocenters. The lowest BCUT2D eigenvalue weighted by atomic mass is 10.1. The van der Waals surface area contributed by atoms with Gasteiger partial charge in [0, 0.05) is 6.61 Å². The number of furan rings is 1. The van der Waals surface area contributed by atoms with E-state index in [1.165, 1.54) is 44.9 Å². The van der Waals surface area contributed by atoms with Gasteiger partial charge in [0.2, 0.25) is 0 Å². The van der Waals surface area contributed by atoms with Crippen molar-refractivity contribution in [3.63, 3.8) is 0 Å². The molecular weight excluding hydrogens is 200 g/mol. The lowest BCUT2D eigenvalue weighted by Crippen LogP contribution is -1.94. The van der Waals surface area contributed by atoms with Crippen molar-refractivity contribution >= 4 is 0 Å². The normalized spacial score (nSPS) is 10.8. The van der Waals surface area contributed by atoms with Crippen LogP contribution in [0.5, 0.6) is 0 Å². The van der Waals surface area contributed by atoms with Gasteiger partial charge in [0.25, 0.3) is 0 Å². The highest BCUT2D eigenvalue weighted by atomic mass is 16.5. The second-order valence-corrected chi connectivity index (χ2v) is 4.25. The lowest BCUT2D eigenvalue weighted by molar-refractivity contribution is 0.102. The van der Waals surface area contributed by atoms with Crippen LogP contribution in [0.3, 0.4) is 0 Å². The zero-order valence-electron chi connectivity index (χ0n) is 10.4. The maximum atomic E-state index is 5.51. The van der Waals surface area contributed by atoms with Crippen LogP contribution in [0.2, 0.25) is 0 Å². The number of rotatable bonds is 10. The van der Waals surface area contributed by atoms with Gasteiger partial charge in [-0.15, -0.1) is 0 Å². The summed E-state index contributed by atoms with van der Waals surface area (Å²) in [7, 11) is 0. The SMILES string of the molecule is CCCCCCCCCOCc1ccco1. The first-order chi connectivity index (χ1) is 7.93. The van der Waals surface area contributed by atoms with Crippen LogP contribution < -0.4 is 0 Å². The van der Waals surface area contributed by atoms with Gasteiger partial charge in [0.15, 0.2) is 0 Å². The quantitative estimate of drug-likeness (QED) is 0.544. The molecule has 0 fully saturated rings. The molecule has 1 aromatic rings. The number of hydrogen-bond acceptors (Lipinski definition) is 2. The van der Waals surface area contributed by atoms with Gasteiger partial charge in [0.1, 0.15) is 12.4 Å². The molecule has 1 heterocycles. The Morgan fingerprint density at radius 2 is 1.81 bits per heavy atom. The Morgan fingerprint density at radius 3 is 2.50 bits per heavy atom. The van der Waals surface area contributed by atoms with Gasteiger partial charge in [-0.2, -0.15) is 0 Å². The monoisotopic (exact) mass is 224 g/mol. The zero-order valence-corrected chi connectivity index (χ0v) is 10.4. The van der Waals surface area contributed by atoms with Crippen LogP contribution in [0.15, 0.2) is 22.8 Å². The average molecular weight is 224 g/mol. The predicted octanol–water partition coefficient (Wildman–Crippen LogP) is 4.55. The Kier molecular flexibility index (Phi) is 7.87. The summed E-state index contributed by atoms with van der Waals surface area (Å²) < 4.78 is 10.7. The van der Waals surface area contributed by atoms with Gasteiger partial charge in [0.05, 0.1) is 6.26 Å². The van der Waals surface area contributed by atoms with Crippen LogP contribution in [0, 0.1) is 0 Å². The van der Waals surface area contributed by atoms with Gasteiger partial charge >= 0.3 is 0 Å². The maximum absolute atomic E-state index is 5.51. The van der Waals surface area contributed by atoms with E-state index >= 15 is 0 Å². The maximum Gasteiger partial charge on any atom is 0.129 e. The van der Waals surface area contributed by atoms with Gasteiger partial charge in [-0.1, -0.05) is 45.4 Å². The lowest BCUT2D eigenvalue weighted by Gasteiger charge is -2.02. The second-order valence-electron chi connectivity index (χ2n) is 4.25. The molecule has 0 aromatic carbocycles. The molecule has 92 valence electrons. The van der Waals surface area contributed by atoms with Crippen molar-refractivity contribution in [2.45, 2.75) is 58.5 Å². The highest BCUT2D eigenvalue weighted by molar-refractivity contribution is 4.95. The van der Waals surface area contributed by atoms with Gasteiger partial charge in [-0.3, -0.25) is 0 Å². The molecule has 0 aliphatic rings. The molecule has 0 saturated carbocycles. The van der Waals surface area contributed by atoms with Crippen molar-refractivity contribution in [2.75, 3.05) is 6.61 Å². The topological polar surface area (TPSA) is 22.4 Å². The van der Waals surface area contributed by atoms with E-state index in [0.717, 1.165) is 12.4 Å². The fraction of sp³-hybridized carbons (Fsp3) is 0.714. The van der Waals surface area contributed by atoms with Crippen LogP contribution in [0.25, 0.3) is 0 Å². The molecule has 0 N–H and O–H groups in total. The summed E-state index contributed by atoms with van der Waals surface area (Å²) in [5.74, 6) is 0.919. The third kappa shape index (κ3) is 6.67. The van der Waals surface area contributed by atoms with Crippen LogP contribution in [-0.4, -0.2) is 6.61 Å². The molecule has 0 radical (unpaired) electrons. The smallest absolute Gasteiger partial charge is 0.129 e. The van der Waals surface area contributed by atoms with E-state index in [4.69, 9.17) is 9.15 Å². The van der Waals surface area contributed by atoms with Gasteiger partial charge in [-0.25, -0.2) is 0 Å². The third-order valence-electron chi connectivity index (χ3n) is 2.72. The molecule has 1 aromatic heterocycles.